The molecule has 0 saturated carbocycles. The first-order chi connectivity index (χ1) is 9.83. The summed E-state index contributed by atoms with van der Waals surface area (Å²) in [6.07, 6.45) is 4.59. The van der Waals surface area contributed by atoms with Gasteiger partial charge < -0.3 is 0 Å². The summed E-state index contributed by atoms with van der Waals surface area (Å²) in [4.78, 5) is 0. The Hall–Kier alpha value is -2.15. The van der Waals surface area contributed by atoms with Crippen LogP contribution in [0.25, 0.3) is 10.8 Å². The van der Waals surface area contributed by atoms with Crippen LogP contribution in [0.5, 0.6) is 0 Å². The average molecular weight is 262 g/mol. The lowest BCUT2D eigenvalue weighted by Crippen LogP contribution is -2.36. The van der Waals surface area contributed by atoms with Crippen molar-refractivity contribution in [2.45, 2.75) is 26.3 Å². The van der Waals surface area contributed by atoms with Gasteiger partial charge in [-0.15, -0.1) is 0 Å². The van der Waals surface area contributed by atoms with Gasteiger partial charge in [0.2, 0.25) is 0 Å². The SMILES string of the molecule is Cc1cc2ccccc2c[n+]1CCCc1ccccc1. The molecule has 3 aromatic rings. The summed E-state index contributed by atoms with van der Waals surface area (Å²) in [6, 6.07) is 21.6. The molecule has 0 bridgehead atoms. The molecule has 0 unspecified atom stereocenters. The van der Waals surface area contributed by atoms with E-state index in [1.54, 1.807) is 0 Å². The highest BCUT2D eigenvalue weighted by atomic mass is 14.9. The standard InChI is InChI=1S/C19H20N/c1-16-14-18-11-5-6-12-19(18)15-20(16)13-7-10-17-8-3-2-4-9-17/h2-6,8-9,11-12,14-15H,7,10,13H2,1H3/q+1. The molecule has 100 valence electrons. The molecule has 1 heteroatoms. The molecule has 1 heterocycles. The Balaban J connectivity index is 1.72. The van der Waals surface area contributed by atoms with Gasteiger partial charge in [-0.25, -0.2) is 4.57 Å². The molecule has 0 spiro atoms. The minimum Gasteiger partial charge on any atom is -0.202 e. The molecule has 1 nitrogen and oxygen atoms in total. The Morgan fingerprint density at radius 3 is 2.35 bits per heavy atom. The number of hydrogen-bond acceptors (Lipinski definition) is 0. The van der Waals surface area contributed by atoms with E-state index in [0.717, 1.165) is 13.0 Å². The van der Waals surface area contributed by atoms with Crippen molar-refractivity contribution in [3.8, 4) is 0 Å². The van der Waals surface area contributed by atoms with E-state index in [4.69, 9.17) is 0 Å². The van der Waals surface area contributed by atoms with Crippen LogP contribution in [-0.2, 0) is 13.0 Å². The Labute approximate surface area is 120 Å². The molecule has 0 N–H and O–H groups in total. The summed E-state index contributed by atoms with van der Waals surface area (Å²) < 4.78 is 2.37. The van der Waals surface area contributed by atoms with Crippen LogP contribution in [0.15, 0.2) is 66.9 Å². The third kappa shape index (κ3) is 2.88. The zero-order valence-electron chi connectivity index (χ0n) is 11.9. The number of aryl methyl sites for hydroxylation is 3. The van der Waals surface area contributed by atoms with E-state index in [0.29, 0.717) is 0 Å². The fraction of sp³-hybridized carbons (Fsp3) is 0.211. The van der Waals surface area contributed by atoms with Gasteiger partial charge in [-0.3, -0.25) is 0 Å². The predicted molar refractivity (Wildman–Crippen MR) is 83.6 cm³/mol. The Kier molecular flexibility index (Phi) is 3.78. The number of aromatic nitrogens is 1. The zero-order valence-corrected chi connectivity index (χ0v) is 11.9. The van der Waals surface area contributed by atoms with Crippen molar-refractivity contribution in [2.75, 3.05) is 0 Å². The highest BCUT2D eigenvalue weighted by Crippen LogP contribution is 2.12. The van der Waals surface area contributed by atoms with Crippen molar-refractivity contribution in [2.24, 2.45) is 0 Å². The second-order valence-electron chi connectivity index (χ2n) is 5.33. The first-order valence-corrected chi connectivity index (χ1v) is 7.26. The number of benzene rings is 2. The lowest BCUT2D eigenvalue weighted by molar-refractivity contribution is -0.701. The minimum absolute atomic E-state index is 1.07. The van der Waals surface area contributed by atoms with Crippen molar-refractivity contribution < 1.29 is 4.57 Å². The Morgan fingerprint density at radius 2 is 1.55 bits per heavy atom. The van der Waals surface area contributed by atoms with E-state index < -0.39 is 0 Å². The van der Waals surface area contributed by atoms with Crippen molar-refractivity contribution >= 4 is 10.8 Å². The summed E-state index contributed by atoms with van der Waals surface area (Å²) in [7, 11) is 0. The number of pyridine rings is 1. The summed E-state index contributed by atoms with van der Waals surface area (Å²) >= 11 is 0. The third-order valence-corrected chi connectivity index (χ3v) is 3.82. The second kappa shape index (κ2) is 5.87. The summed E-state index contributed by atoms with van der Waals surface area (Å²) in [5, 5.41) is 2.64. The van der Waals surface area contributed by atoms with Gasteiger partial charge >= 0.3 is 0 Å². The predicted octanol–water partition coefficient (Wildman–Crippen LogP) is 4.07. The van der Waals surface area contributed by atoms with Crippen molar-refractivity contribution in [3.63, 3.8) is 0 Å². The summed E-state index contributed by atoms with van der Waals surface area (Å²) in [5.41, 5.74) is 2.75. The Bertz CT molecular complexity index is 701. The number of fused-ring (bicyclic) bond motifs is 1. The van der Waals surface area contributed by atoms with Gasteiger partial charge in [0, 0.05) is 24.8 Å². The maximum atomic E-state index is 2.37. The van der Waals surface area contributed by atoms with Crippen molar-refractivity contribution in [3.05, 3.63) is 78.1 Å². The fourth-order valence-electron chi connectivity index (χ4n) is 2.68. The Morgan fingerprint density at radius 1 is 0.850 bits per heavy atom. The van der Waals surface area contributed by atoms with Crippen LogP contribution < -0.4 is 4.57 Å². The molecule has 0 atom stereocenters. The third-order valence-electron chi connectivity index (χ3n) is 3.82. The molecule has 0 aliphatic carbocycles. The van der Waals surface area contributed by atoms with E-state index in [2.05, 4.69) is 78.4 Å². The van der Waals surface area contributed by atoms with E-state index in [-0.39, 0.29) is 0 Å². The van der Waals surface area contributed by atoms with Crippen LogP contribution in [0.2, 0.25) is 0 Å². The molecule has 1 aromatic heterocycles. The van der Waals surface area contributed by atoms with E-state index in [9.17, 15) is 0 Å². The van der Waals surface area contributed by atoms with Crippen LogP contribution in [0.4, 0.5) is 0 Å². The molecular formula is C19H20N+. The highest BCUT2D eigenvalue weighted by molar-refractivity contribution is 5.80. The lowest BCUT2D eigenvalue weighted by Gasteiger charge is -2.04. The molecular weight excluding hydrogens is 242 g/mol. The smallest absolute Gasteiger partial charge is 0.178 e. The van der Waals surface area contributed by atoms with Gasteiger partial charge in [0.15, 0.2) is 11.9 Å². The second-order valence-corrected chi connectivity index (χ2v) is 5.33. The van der Waals surface area contributed by atoms with E-state index >= 15 is 0 Å². The average Bonchev–Trinajstić information content (AvgIpc) is 2.49. The van der Waals surface area contributed by atoms with Crippen LogP contribution >= 0.6 is 0 Å². The highest BCUT2D eigenvalue weighted by Gasteiger charge is 2.08. The van der Waals surface area contributed by atoms with Crippen molar-refractivity contribution in [1.82, 2.24) is 0 Å². The quantitative estimate of drug-likeness (QED) is 0.624. The number of nitrogens with zero attached hydrogens (tertiary/aromatic N) is 1. The molecule has 0 aliphatic heterocycles. The van der Waals surface area contributed by atoms with Crippen LogP contribution in [-0.4, -0.2) is 0 Å². The first kappa shape index (κ1) is 12.9. The van der Waals surface area contributed by atoms with E-state index in [1.165, 1.54) is 28.5 Å². The largest absolute Gasteiger partial charge is 0.202 e. The van der Waals surface area contributed by atoms with Crippen LogP contribution in [0, 0.1) is 6.92 Å². The summed E-state index contributed by atoms with van der Waals surface area (Å²) in [6.45, 7) is 3.26. The van der Waals surface area contributed by atoms with Gasteiger partial charge in [-0.1, -0.05) is 48.5 Å². The van der Waals surface area contributed by atoms with Crippen molar-refractivity contribution in [1.29, 1.82) is 0 Å². The lowest BCUT2D eigenvalue weighted by atomic mass is 10.1. The minimum atomic E-state index is 1.07. The molecule has 0 saturated heterocycles. The van der Waals surface area contributed by atoms with Gasteiger partial charge in [0.05, 0.1) is 0 Å². The molecule has 0 amide bonds. The molecule has 3 rings (SSSR count). The molecule has 0 fully saturated rings. The van der Waals surface area contributed by atoms with E-state index in [1.807, 2.05) is 0 Å². The molecule has 0 radical (unpaired) electrons. The monoisotopic (exact) mass is 262 g/mol. The molecule has 2 aromatic carbocycles. The van der Waals surface area contributed by atoms with Gasteiger partial charge in [0.25, 0.3) is 0 Å². The fourth-order valence-corrected chi connectivity index (χ4v) is 2.68. The number of hydrogen-bond donors (Lipinski definition) is 0. The molecule has 0 aliphatic rings. The molecule has 20 heavy (non-hydrogen) atoms. The van der Waals surface area contributed by atoms with Crippen LogP contribution in [0.3, 0.4) is 0 Å². The first-order valence-electron chi connectivity index (χ1n) is 7.26. The normalized spacial score (nSPS) is 10.8. The maximum Gasteiger partial charge on any atom is 0.178 e. The van der Waals surface area contributed by atoms with Gasteiger partial charge in [-0.05, 0) is 23.4 Å². The topological polar surface area (TPSA) is 3.88 Å². The van der Waals surface area contributed by atoms with Gasteiger partial charge in [0.1, 0.15) is 6.54 Å². The number of rotatable bonds is 4. The van der Waals surface area contributed by atoms with Crippen LogP contribution in [0.1, 0.15) is 17.7 Å². The zero-order chi connectivity index (χ0) is 13.8. The van der Waals surface area contributed by atoms with Gasteiger partial charge in [-0.2, -0.15) is 0 Å². The maximum absolute atomic E-state index is 2.37. The summed E-state index contributed by atoms with van der Waals surface area (Å²) in [5.74, 6) is 0.